The fourth-order valence-corrected chi connectivity index (χ4v) is 5.40. The molecule has 0 radical (unpaired) electrons. The first-order valence-corrected chi connectivity index (χ1v) is 11.1. The summed E-state index contributed by atoms with van der Waals surface area (Å²) in [5.41, 5.74) is 1.69. The lowest BCUT2D eigenvalue weighted by molar-refractivity contribution is -0.196. The Bertz CT molecular complexity index is 1170. The molecule has 2 aromatic carbocycles. The number of carbonyl (C=O) groups excluding carboxylic acids is 1. The Morgan fingerprint density at radius 2 is 1.85 bits per heavy atom. The molecule has 8 heteroatoms. The first-order chi connectivity index (χ1) is 15.8. The fraction of sp³-hybridized carbons (Fsp3) is 0.360. The minimum absolute atomic E-state index is 0.0627. The number of alkyl halides is 3. The number of fused-ring (bicyclic) bond motifs is 3. The number of carbonyl (C=O) groups is 1. The topological polar surface area (TPSA) is 38.1 Å². The number of piperidine rings is 1. The van der Waals surface area contributed by atoms with Gasteiger partial charge < -0.3 is 9.47 Å². The Morgan fingerprint density at radius 3 is 2.61 bits per heavy atom. The zero-order chi connectivity index (χ0) is 23.2. The smallest absolute Gasteiger partial charge is 0.331 e. The highest BCUT2D eigenvalue weighted by molar-refractivity contribution is 5.78. The second kappa shape index (κ2) is 8.01. The molecular weight excluding hydrogens is 434 g/mol. The molecule has 1 aromatic heterocycles. The van der Waals surface area contributed by atoms with Gasteiger partial charge in [0.05, 0.1) is 5.54 Å². The summed E-state index contributed by atoms with van der Waals surface area (Å²) in [5.74, 6) is -0.179. The van der Waals surface area contributed by atoms with Crippen LogP contribution >= 0.6 is 0 Å². The molecule has 2 atom stereocenters. The Morgan fingerprint density at radius 1 is 1.09 bits per heavy atom. The molecule has 0 spiro atoms. The lowest BCUT2D eigenvalue weighted by atomic mass is 9.79. The summed E-state index contributed by atoms with van der Waals surface area (Å²) in [4.78, 5) is 18.6. The van der Waals surface area contributed by atoms with Gasteiger partial charge in [-0.3, -0.25) is 4.79 Å². The molecule has 0 saturated carbocycles. The van der Waals surface area contributed by atoms with Crippen LogP contribution < -0.4 is 0 Å². The summed E-state index contributed by atoms with van der Waals surface area (Å²) < 4.78 is 56.5. The molecule has 0 bridgehead atoms. The van der Waals surface area contributed by atoms with E-state index in [4.69, 9.17) is 0 Å². The standard InChI is InChI=1S/C25H23F4N3O/c26-18-10-8-17(9-11-18)24(20-6-2-1-5-19(20)23-30-14-16-32(23)24)13-12-22(33)31-15-4-3-7-21(31)25(27,28)29/h1-2,5-6,8-11,14,16,21H,3-4,7,12-13,15H2. The van der Waals surface area contributed by atoms with E-state index in [0.717, 1.165) is 21.6 Å². The monoisotopic (exact) mass is 457 g/mol. The lowest BCUT2D eigenvalue weighted by Gasteiger charge is -2.38. The molecule has 1 amide bonds. The minimum Gasteiger partial charge on any atom is -0.331 e. The van der Waals surface area contributed by atoms with Gasteiger partial charge in [-0.15, -0.1) is 0 Å². The molecule has 1 fully saturated rings. The molecule has 1 saturated heterocycles. The van der Waals surface area contributed by atoms with E-state index in [1.54, 1.807) is 18.3 Å². The van der Waals surface area contributed by atoms with Gasteiger partial charge in [0.2, 0.25) is 5.91 Å². The number of amides is 1. The fourth-order valence-electron chi connectivity index (χ4n) is 5.40. The van der Waals surface area contributed by atoms with Gasteiger partial charge in [-0.25, -0.2) is 9.37 Å². The SMILES string of the molecule is O=C(CCC1(c2ccc(F)cc2)c2ccccc2-c2nccn21)N1CCCCC1C(F)(F)F. The van der Waals surface area contributed by atoms with Gasteiger partial charge in [0.15, 0.2) is 0 Å². The van der Waals surface area contributed by atoms with Crippen LogP contribution in [0.15, 0.2) is 60.9 Å². The van der Waals surface area contributed by atoms with Crippen LogP contribution in [0, 0.1) is 5.82 Å². The third kappa shape index (κ3) is 3.52. The summed E-state index contributed by atoms with van der Waals surface area (Å²) >= 11 is 0. The van der Waals surface area contributed by atoms with Crippen molar-refractivity contribution in [2.75, 3.05) is 6.54 Å². The van der Waals surface area contributed by atoms with Gasteiger partial charge in [-0.1, -0.05) is 36.4 Å². The average molecular weight is 457 g/mol. The highest BCUT2D eigenvalue weighted by Gasteiger charge is 2.48. The second-order valence-corrected chi connectivity index (χ2v) is 8.67. The van der Waals surface area contributed by atoms with E-state index < -0.39 is 23.7 Å². The molecular formula is C25H23F4N3O. The number of likely N-dealkylation sites (tertiary alicyclic amines) is 1. The quantitative estimate of drug-likeness (QED) is 0.484. The number of halogens is 4. The summed E-state index contributed by atoms with van der Waals surface area (Å²) in [6.45, 7) is 0.111. The van der Waals surface area contributed by atoms with Crippen LogP contribution in [0.1, 0.15) is 43.2 Å². The molecule has 172 valence electrons. The van der Waals surface area contributed by atoms with Crippen LogP contribution in [-0.2, 0) is 10.3 Å². The molecule has 2 aliphatic heterocycles. The van der Waals surface area contributed by atoms with E-state index in [0.29, 0.717) is 18.7 Å². The minimum atomic E-state index is -4.44. The third-order valence-electron chi connectivity index (χ3n) is 6.89. The molecule has 2 aliphatic rings. The van der Waals surface area contributed by atoms with Crippen LogP contribution in [0.25, 0.3) is 11.4 Å². The number of imidazole rings is 1. The normalized spacial score (nSPS) is 22.2. The van der Waals surface area contributed by atoms with Crippen molar-refractivity contribution >= 4 is 5.91 Å². The summed E-state index contributed by atoms with van der Waals surface area (Å²) in [5, 5.41) is 0. The number of hydrogen-bond acceptors (Lipinski definition) is 2. The predicted octanol–water partition coefficient (Wildman–Crippen LogP) is 5.52. The molecule has 3 heterocycles. The predicted molar refractivity (Wildman–Crippen MR) is 115 cm³/mol. The Hall–Kier alpha value is -3.16. The Balaban J connectivity index is 1.54. The second-order valence-electron chi connectivity index (χ2n) is 8.67. The average Bonchev–Trinajstić information content (AvgIpc) is 3.39. The van der Waals surface area contributed by atoms with Crippen molar-refractivity contribution in [3.8, 4) is 11.4 Å². The van der Waals surface area contributed by atoms with E-state index >= 15 is 0 Å². The van der Waals surface area contributed by atoms with E-state index in [-0.39, 0.29) is 31.6 Å². The van der Waals surface area contributed by atoms with Crippen molar-refractivity contribution in [3.05, 3.63) is 77.9 Å². The van der Waals surface area contributed by atoms with Gasteiger partial charge in [-0.05, 0) is 48.9 Å². The van der Waals surface area contributed by atoms with Crippen molar-refractivity contribution in [2.45, 2.75) is 49.9 Å². The number of hydrogen-bond donors (Lipinski definition) is 0. The Labute approximate surface area is 188 Å². The van der Waals surface area contributed by atoms with Gasteiger partial charge in [0.25, 0.3) is 0 Å². The molecule has 0 aliphatic carbocycles. The van der Waals surface area contributed by atoms with Crippen LogP contribution in [0.3, 0.4) is 0 Å². The van der Waals surface area contributed by atoms with Crippen molar-refractivity contribution in [1.29, 1.82) is 0 Å². The van der Waals surface area contributed by atoms with E-state index in [9.17, 15) is 22.4 Å². The molecule has 3 aromatic rings. The lowest BCUT2D eigenvalue weighted by Crippen LogP contribution is -2.51. The van der Waals surface area contributed by atoms with Crippen LogP contribution in [0.4, 0.5) is 17.6 Å². The van der Waals surface area contributed by atoms with Crippen molar-refractivity contribution < 1.29 is 22.4 Å². The maximum atomic E-state index is 13.8. The highest BCUT2D eigenvalue weighted by Crippen LogP contribution is 2.49. The van der Waals surface area contributed by atoms with Crippen molar-refractivity contribution in [3.63, 3.8) is 0 Å². The van der Waals surface area contributed by atoms with Crippen molar-refractivity contribution in [2.24, 2.45) is 0 Å². The van der Waals surface area contributed by atoms with Crippen LogP contribution in [-0.4, -0.2) is 39.1 Å². The van der Waals surface area contributed by atoms with E-state index in [1.165, 1.54) is 12.1 Å². The van der Waals surface area contributed by atoms with E-state index in [1.807, 2.05) is 35.0 Å². The largest absolute Gasteiger partial charge is 0.408 e. The van der Waals surface area contributed by atoms with Crippen LogP contribution in [0.5, 0.6) is 0 Å². The molecule has 0 N–H and O–H groups in total. The van der Waals surface area contributed by atoms with Gasteiger partial charge in [0, 0.05) is 30.9 Å². The zero-order valence-electron chi connectivity index (χ0n) is 17.9. The first kappa shape index (κ1) is 21.7. The molecule has 5 rings (SSSR count). The summed E-state index contributed by atoms with van der Waals surface area (Å²) in [6.07, 6.45) is 0.150. The van der Waals surface area contributed by atoms with Crippen molar-refractivity contribution in [1.82, 2.24) is 14.5 Å². The maximum absolute atomic E-state index is 13.8. The maximum Gasteiger partial charge on any atom is 0.408 e. The number of aromatic nitrogens is 2. The first-order valence-electron chi connectivity index (χ1n) is 11.1. The number of rotatable bonds is 4. The zero-order valence-corrected chi connectivity index (χ0v) is 17.9. The number of nitrogens with zero attached hydrogens (tertiary/aromatic N) is 3. The summed E-state index contributed by atoms with van der Waals surface area (Å²) in [6, 6.07) is 12.0. The van der Waals surface area contributed by atoms with E-state index in [2.05, 4.69) is 4.98 Å². The van der Waals surface area contributed by atoms with Gasteiger partial charge in [-0.2, -0.15) is 13.2 Å². The molecule has 33 heavy (non-hydrogen) atoms. The van der Waals surface area contributed by atoms with Crippen LogP contribution in [0.2, 0.25) is 0 Å². The molecule has 2 unspecified atom stereocenters. The van der Waals surface area contributed by atoms with Gasteiger partial charge >= 0.3 is 6.18 Å². The highest BCUT2D eigenvalue weighted by atomic mass is 19.4. The number of benzene rings is 2. The third-order valence-corrected chi connectivity index (χ3v) is 6.89. The van der Waals surface area contributed by atoms with Gasteiger partial charge in [0.1, 0.15) is 17.7 Å². The Kier molecular flexibility index (Phi) is 5.26. The molecule has 4 nitrogen and oxygen atoms in total. The summed E-state index contributed by atoms with van der Waals surface area (Å²) in [7, 11) is 0.